The third kappa shape index (κ3) is 3.04. The molecule has 1 N–H and O–H groups in total. The molecule has 0 aliphatic carbocycles. The van der Waals surface area contributed by atoms with Gasteiger partial charge in [-0.15, -0.1) is 10.2 Å². The molecule has 3 aromatic rings. The van der Waals surface area contributed by atoms with Crippen LogP contribution in [0.1, 0.15) is 24.4 Å². The van der Waals surface area contributed by atoms with Gasteiger partial charge in [0.25, 0.3) is 0 Å². The summed E-state index contributed by atoms with van der Waals surface area (Å²) >= 11 is 0. The van der Waals surface area contributed by atoms with Crippen molar-refractivity contribution >= 4 is 0 Å². The van der Waals surface area contributed by atoms with Crippen molar-refractivity contribution in [3.63, 3.8) is 0 Å². The van der Waals surface area contributed by atoms with Crippen molar-refractivity contribution in [2.24, 2.45) is 7.05 Å². The fourth-order valence-electron chi connectivity index (χ4n) is 2.37. The summed E-state index contributed by atoms with van der Waals surface area (Å²) in [5.41, 5.74) is 2.28. The number of aromatic nitrogens is 4. The van der Waals surface area contributed by atoms with Crippen LogP contribution in [0.2, 0.25) is 0 Å². The van der Waals surface area contributed by atoms with E-state index in [1.807, 2.05) is 66.5 Å². The molecule has 22 heavy (non-hydrogen) atoms. The molecule has 0 fully saturated rings. The topological polar surface area (TPSA) is 55.6 Å². The van der Waals surface area contributed by atoms with E-state index in [9.17, 15) is 0 Å². The molecule has 5 heteroatoms. The number of nitrogens with one attached hydrogen (secondary N) is 1. The van der Waals surface area contributed by atoms with Crippen LogP contribution >= 0.6 is 0 Å². The van der Waals surface area contributed by atoms with Crippen LogP contribution in [0.3, 0.4) is 0 Å². The summed E-state index contributed by atoms with van der Waals surface area (Å²) in [6.07, 6.45) is 3.62. The summed E-state index contributed by atoms with van der Waals surface area (Å²) in [6.45, 7) is 2.80. The lowest BCUT2D eigenvalue weighted by Gasteiger charge is -2.13. The second kappa shape index (κ2) is 6.49. The Morgan fingerprint density at radius 3 is 2.50 bits per heavy atom. The molecule has 0 spiro atoms. The highest BCUT2D eigenvalue weighted by Gasteiger charge is 2.11. The van der Waals surface area contributed by atoms with E-state index in [1.54, 1.807) is 0 Å². The van der Waals surface area contributed by atoms with Crippen molar-refractivity contribution < 1.29 is 0 Å². The van der Waals surface area contributed by atoms with Crippen molar-refractivity contribution in [3.05, 3.63) is 66.2 Å². The first-order chi connectivity index (χ1) is 10.8. The lowest BCUT2D eigenvalue weighted by atomic mass is 10.1. The predicted molar refractivity (Wildman–Crippen MR) is 85.9 cm³/mol. The molecule has 5 nitrogen and oxygen atoms in total. The summed E-state index contributed by atoms with van der Waals surface area (Å²) < 4.78 is 2.03. The van der Waals surface area contributed by atoms with Gasteiger partial charge in [0.1, 0.15) is 5.82 Å². The normalized spacial score (nSPS) is 12.3. The van der Waals surface area contributed by atoms with Crippen molar-refractivity contribution in [1.82, 2.24) is 25.1 Å². The summed E-state index contributed by atoms with van der Waals surface area (Å²) in [6, 6.07) is 14.4. The molecule has 0 aliphatic heterocycles. The van der Waals surface area contributed by atoms with Gasteiger partial charge in [-0.1, -0.05) is 30.3 Å². The van der Waals surface area contributed by atoms with E-state index in [-0.39, 0.29) is 6.04 Å². The Morgan fingerprint density at radius 1 is 1.05 bits per heavy atom. The molecule has 3 rings (SSSR count). The second-order valence-corrected chi connectivity index (χ2v) is 5.25. The monoisotopic (exact) mass is 293 g/mol. The Labute approximate surface area is 130 Å². The number of nitrogens with zero attached hydrogens (tertiary/aromatic N) is 4. The molecular formula is C17H19N5. The van der Waals surface area contributed by atoms with Crippen molar-refractivity contribution in [3.8, 4) is 11.4 Å². The Kier molecular flexibility index (Phi) is 4.25. The largest absolute Gasteiger partial charge is 0.313 e. The van der Waals surface area contributed by atoms with Gasteiger partial charge in [-0.2, -0.15) is 0 Å². The van der Waals surface area contributed by atoms with E-state index < -0.39 is 0 Å². The number of rotatable bonds is 5. The maximum atomic E-state index is 4.30. The quantitative estimate of drug-likeness (QED) is 0.786. The minimum Gasteiger partial charge on any atom is -0.313 e. The third-order valence-corrected chi connectivity index (χ3v) is 3.77. The average Bonchev–Trinajstić information content (AvgIpc) is 2.95. The van der Waals surface area contributed by atoms with Crippen LogP contribution in [-0.2, 0) is 13.6 Å². The molecule has 1 aromatic carbocycles. The zero-order chi connectivity index (χ0) is 15.4. The van der Waals surface area contributed by atoms with Crippen molar-refractivity contribution in [1.29, 1.82) is 0 Å². The molecule has 0 amide bonds. The fourth-order valence-corrected chi connectivity index (χ4v) is 2.37. The zero-order valence-electron chi connectivity index (χ0n) is 12.8. The second-order valence-electron chi connectivity index (χ2n) is 5.25. The molecule has 112 valence electrons. The van der Waals surface area contributed by atoms with E-state index in [2.05, 4.69) is 27.4 Å². The van der Waals surface area contributed by atoms with Crippen LogP contribution in [0.4, 0.5) is 0 Å². The fraction of sp³-hybridized carbons (Fsp3) is 0.235. The predicted octanol–water partition coefficient (Wildman–Crippen LogP) is 2.73. The summed E-state index contributed by atoms with van der Waals surface area (Å²) in [5.74, 6) is 1.80. The van der Waals surface area contributed by atoms with E-state index >= 15 is 0 Å². The van der Waals surface area contributed by atoms with Crippen LogP contribution in [0.15, 0.2) is 54.9 Å². The maximum Gasteiger partial charge on any atom is 0.163 e. The smallest absolute Gasteiger partial charge is 0.163 e. The first-order valence-electron chi connectivity index (χ1n) is 7.32. The molecular weight excluding hydrogens is 274 g/mol. The Hall–Kier alpha value is -2.53. The lowest BCUT2D eigenvalue weighted by Crippen LogP contribution is -2.20. The third-order valence-electron chi connectivity index (χ3n) is 3.77. The Morgan fingerprint density at radius 2 is 1.77 bits per heavy atom. The van der Waals surface area contributed by atoms with E-state index in [0.717, 1.165) is 17.2 Å². The van der Waals surface area contributed by atoms with Gasteiger partial charge in [0, 0.05) is 31.0 Å². The average molecular weight is 293 g/mol. The van der Waals surface area contributed by atoms with Crippen molar-refractivity contribution in [2.75, 3.05) is 0 Å². The molecule has 0 saturated carbocycles. The minimum absolute atomic E-state index is 0.236. The van der Waals surface area contributed by atoms with Gasteiger partial charge < -0.3 is 9.88 Å². The highest BCUT2D eigenvalue weighted by molar-refractivity contribution is 5.54. The van der Waals surface area contributed by atoms with Crippen molar-refractivity contribution in [2.45, 2.75) is 19.5 Å². The molecule has 0 saturated heterocycles. The van der Waals surface area contributed by atoms with Gasteiger partial charge in [0.2, 0.25) is 0 Å². The molecule has 2 heterocycles. The minimum atomic E-state index is 0.236. The maximum absolute atomic E-state index is 4.30. The SMILES string of the molecule is CC(NCc1nnc(-c2ccccc2)n1C)c1ccncc1. The summed E-state index contributed by atoms with van der Waals surface area (Å²) in [5, 5.41) is 12.1. The summed E-state index contributed by atoms with van der Waals surface area (Å²) in [4.78, 5) is 4.04. The van der Waals surface area contributed by atoms with Gasteiger partial charge >= 0.3 is 0 Å². The summed E-state index contributed by atoms with van der Waals surface area (Å²) in [7, 11) is 2.00. The van der Waals surface area contributed by atoms with Crippen LogP contribution in [0, 0.1) is 0 Å². The van der Waals surface area contributed by atoms with E-state index in [0.29, 0.717) is 6.54 Å². The molecule has 2 aromatic heterocycles. The number of pyridine rings is 1. The first-order valence-corrected chi connectivity index (χ1v) is 7.32. The van der Waals surface area contributed by atoms with Gasteiger partial charge in [-0.05, 0) is 24.6 Å². The Balaban J connectivity index is 1.71. The first kappa shape index (κ1) is 14.4. The highest BCUT2D eigenvalue weighted by atomic mass is 15.3. The van der Waals surface area contributed by atoms with Gasteiger partial charge in [0.05, 0.1) is 6.54 Å². The lowest BCUT2D eigenvalue weighted by molar-refractivity contribution is 0.548. The molecule has 1 atom stereocenters. The highest BCUT2D eigenvalue weighted by Crippen LogP contribution is 2.17. The molecule has 1 unspecified atom stereocenters. The number of hydrogen-bond acceptors (Lipinski definition) is 4. The van der Waals surface area contributed by atoms with Crippen LogP contribution in [0.25, 0.3) is 11.4 Å². The number of benzene rings is 1. The molecule has 0 radical (unpaired) electrons. The zero-order valence-corrected chi connectivity index (χ0v) is 12.8. The van der Waals surface area contributed by atoms with Gasteiger partial charge in [-0.3, -0.25) is 4.98 Å². The van der Waals surface area contributed by atoms with E-state index in [4.69, 9.17) is 0 Å². The Bertz CT molecular complexity index is 721. The van der Waals surface area contributed by atoms with Crippen LogP contribution < -0.4 is 5.32 Å². The molecule has 0 aliphatic rings. The van der Waals surface area contributed by atoms with Crippen LogP contribution in [-0.4, -0.2) is 19.7 Å². The molecule has 0 bridgehead atoms. The van der Waals surface area contributed by atoms with Gasteiger partial charge in [0.15, 0.2) is 5.82 Å². The standard InChI is InChI=1S/C17H19N5/c1-13(14-8-10-18-11-9-14)19-12-16-20-21-17(22(16)2)15-6-4-3-5-7-15/h3-11,13,19H,12H2,1-2H3. The van der Waals surface area contributed by atoms with E-state index in [1.165, 1.54) is 5.56 Å². The van der Waals surface area contributed by atoms with Gasteiger partial charge in [-0.25, -0.2) is 0 Å². The number of hydrogen-bond donors (Lipinski definition) is 1. The van der Waals surface area contributed by atoms with Crippen LogP contribution in [0.5, 0.6) is 0 Å².